The van der Waals surface area contributed by atoms with Gasteiger partial charge in [0, 0.05) is 5.25 Å². The van der Waals surface area contributed by atoms with Crippen molar-refractivity contribution in [2.45, 2.75) is 74.9 Å². The zero-order valence-corrected chi connectivity index (χ0v) is 17.7. The van der Waals surface area contributed by atoms with Crippen molar-refractivity contribution in [2.24, 2.45) is 0 Å². The summed E-state index contributed by atoms with van der Waals surface area (Å²) in [4.78, 5) is 0. The van der Waals surface area contributed by atoms with Crippen LogP contribution in [0.2, 0.25) is 0 Å². The van der Waals surface area contributed by atoms with Crippen LogP contribution in [0, 0.1) is 0 Å². The van der Waals surface area contributed by atoms with Gasteiger partial charge in [-0.25, -0.2) is 0 Å². The van der Waals surface area contributed by atoms with E-state index in [1.807, 2.05) is 0 Å². The van der Waals surface area contributed by atoms with Gasteiger partial charge in [-0.3, -0.25) is 0 Å². The van der Waals surface area contributed by atoms with E-state index in [-0.39, 0.29) is 0 Å². The molecule has 0 aromatic heterocycles. The molecule has 0 radical (unpaired) electrons. The van der Waals surface area contributed by atoms with E-state index in [9.17, 15) is 0 Å². The van der Waals surface area contributed by atoms with Crippen LogP contribution in [0.4, 0.5) is 0 Å². The zero-order chi connectivity index (χ0) is 17.9. The quantitative estimate of drug-likeness (QED) is 0.435. The number of thiol groups is 1. The SMILES string of the molecule is Pc1cc(C2CCC(S)CC2)ccc1-c1ccc(C2CCCCC2)cc1. The molecular formula is C24H31PS. The smallest absolute Gasteiger partial charge is 0.00172 e. The van der Waals surface area contributed by atoms with E-state index in [4.69, 9.17) is 0 Å². The lowest BCUT2D eigenvalue weighted by Crippen LogP contribution is -2.14. The molecule has 0 aliphatic heterocycles. The third-order valence-electron chi connectivity index (χ3n) is 6.54. The average molecular weight is 383 g/mol. The molecule has 0 amide bonds. The van der Waals surface area contributed by atoms with Crippen LogP contribution in [-0.2, 0) is 0 Å². The van der Waals surface area contributed by atoms with E-state index in [0.29, 0.717) is 5.25 Å². The fourth-order valence-corrected chi connectivity index (χ4v) is 5.63. The third kappa shape index (κ3) is 4.20. The third-order valence-corrected chi connectivity index (χ3v) is 7.54. The second-order valence-electron chi connectivity index (χ2n) is 8.31. The largest absolute Gasteiger partial charge is 0.176 e. The van der Waals surface area contributed by atoms with Crippen LogP contribution in [0.25, 0.3) is 11.1 Å². The van der Waals surface area contributed by atoms with Gasteiger partial charge in [-0.15, -0.1) is 9.24 Å². The van der Waals surface area contributed by atoms with Crippen molar-refractivity contribution in [1.29, 1.82) is 0 Å². The monoisotopic (exact) mass is 382 g/mol. The van der Waals surface area contributed by atoms with Gasteiger partial charge in [0.1, 0.15) is 0 Å². The lowest BCUT2D eigenvalue weighted by atomic mass is 9.83. The Morgan fingerprint density at radius 1 is 0.692 bits per heavy atom. The minimum Gasteiger partial charge on any atom is -0.176 e. The Labute approximate surface area is 166 Å². The highest BCUT2D eigenvalue weighted by Crippen LogP contribution is 2.36. The molecular weight excluding hydrogens is 351 g/mol. The molecule has 1 atom stereocenters. The Hall–Kier alpha value is -0.780. The second-order valence-corrected chi connectivity index (χ2v) is 9.66. The van der Waals surface area contributed by atoms with Crippen molar-refractivity contribution in [3.8, 4) is 11.1 Å². The summed E-state index contributed by atoms with van der Waals surface area (Å²) >= 11 is 4.64. The molecule has 4 rings (SSSR count). The van der Waals surface area contributed by atoms with Crippen molar-refractivity contribution in [3.05, 3.63) is 53.6 Å². The highest BCUT2D eigenvalue weighted by molar-refractivity contribution is 7.80. The molecule has 2 aliphatic carbocycles. The number of benzene rings is 2. The Morgan fingerprint density at radius 2 is 1.31 bits per heavy atom. The highest BCUT2D eigenvalue weighted by Gasteiger charge is 2.21. The van der Waals surface area contributed by atoms with Gasteiger partial charge in [0.25, 0.3) is 0 Å². The van der Waals surface area contributed by atoms with Gasteiger partial charge in [0.2, 0.25) is 0 Å². The molecule has 0 spiro atoms. The first-order valence-corrected chi connectivity index (χ1v) is 11.5. The minimum absolute atomic E-state index is 0.615. The first kappa shape index (κ1) is 18.6. The van der Waals surface area contributed by atoms with Crippen LogP contribution in [-0.4, -0.2) is 5.25 Å². The second kappa shape index (κ2) is 8.49. The van der Waals surface area contributed by atoms with E-state index in [1.165, 1.54) is 79.8 Å². The summed E-state index contributed by atoms with van der Waals surface area (Å²) < 4.78 is 0. The van der Waals surface area contributed by atoms with Crippen LogP contribution in [0.15, 0.2) is 42.5 Å². The lowest BCUT2D eigenvalue weighted by molar-refractivity contribution is 0.443. The molecule has 2 aliphatic rings. The van der Waals surface area contributed by atoms with Crippen LogP contribution in [0.1, 0.15) is 80.8 Å². The van der Waals surface area contributed by atoms with Crippen LogP contribution >= 0.6 is 21.9 Å². The Bertz CT molecular complexity index is 722. The maximum atomic E-state index is 4.64. The van der Waals surface area contributed by atoms with E-state index < -0.39 is 0 Å². The molecule has 0 saturated heterocycles. The van der Waals surface area contributed by atoms with Gasteiger partial charge in [-0.2, -0.15) is 12.6 Å². The molecule has 0 heterocycles. The summed E-state index contributed by atoms with van der Waals surface area (Å²) in [6.07, 6.45) is 12.1. The molecule has 26 heavy (non-hydrogen) atoms. The maximum absolute atomic E-state index is 4.64. The van der Waals surface area contributed by atoms with E-state index in [0.717, 1.165) is 11.8 Å². The van der Waals surface area contributed by atoms with Crippen molar-refractivity contribution in [3.63, 3.8) is 0 Å². The summed E-state index contributed by atoms with van der Waals surface area (Å²) in [5.41, 5.74) is 5.76. The van der Waals surface area contributed by atoms with E-state index in [1.54, 1.807) is 5.56 Å². The number of hydrogen-bond acceptors (Lipinski definition) is 1. The first-order chi connectivity index (χ1) is 12.7. The van der Waals surface area contributed by atoms with Crippen molar-refractivity contribution >= 4 is 27.2 Å². The first-order valence-electron chi connectivity index (χ1n) is 10.4. The van der Waals surface area contributed by atoms with Crippen molar-refractivity contribution in [1.82, 2.24) is 0 Å². The number of hydrogen-bond donors (Lipinski definition) is 1. The van der Waals surface area contributed by atoms with Crippen LogP contribution in [0.5, 0.6) is 0 Å². The van der Waals surface area contributed by atoms with E-state index in [2.05, 4.69) is 64.3 Å². The van der Waals surface area contributed by atoms with Gasteiger partial charge in [-0.1, -0.05) is 61.7 Å². The van der Waals surface area contributed by atoms with Gasteiger partial charge < -0.3 is 0 Å². The van der Waals surface area contributed by atoms with E-state index >= 15 is 0 Å². The lowest BCUT2D eigenvalue weighted by Gasteiger charge is -2.26. The Balaban J connectivity index is 1.50. The topological polar surface area (TPSA) is 0 Å². The van der Waals surface area contributed by atoms with Gasteiger partial charge >= 0.3 is 0 Å². The average Bonchev–Trinajstić information content (AvgIpc) is 2.69. The molecule has 0 bridgehead atoms. The Kier molecular flexibility index (Phi) is 6.07. The highest BCUT2D eigenvalue weighted by atomic mass is 32.1. The van der Waals surface area contributed by atoms with Crippen LogP contribution < -0.4 is 5.30 Å². The molecule has 0 nitrogen and oxygen atoms in total. The summed E-state index contributed by atoms with van der Waals surface area (Å²) in [5.74, 6) is 1.51. The molecule has 2 aromatic carbocycles. The normalized spacial score (nSPS) is 24.5. The number of rotatable bonds is 3. The molecule has 2 fully saturated rings. The summed E-state index contributed by atoms with van der Waals surface area (Å²) in [7, 11) is 2.97. The van der Waals surface area contributed by atoms with Crippen LogP contribution in [0.3, 0.4) is 0 Å². The summed E-state index contributed by atoms with van der Waals surface area (Å²) in [6.45, 7) is 0. The molecule has 0 N–H and O–H groups in total. The summed E-state index contributed by atoms with van der Waals surface area (Å²) in [6, 6.07) is 16.5. The molecule has 2 heteroatoms. The fraction of sp³-hybridized carbons (Fsp3) is 0.500. The fourth-order valence-electron chi connectivity index (χ4n) is 4.88. The van der Waals surface area contributed by atoms with Crippen molar-refractivity contribution < 1.29 is 0 Å². The maximum Gasteiger partial charge on any atom is 0.00172 e. The predicted molar refractivity (Wildman–Crippen MR) is 121 cm³/mol. The van der Waals surface area contributed by atoms with Crippen molar-refractivity contribution in [2.75, 3.05) is 0 Å². The minimum atomic E-state index is 0.615. The molecule has 2 aromatic rings. The summed E-state index contributed by atoms with van der Waals surface area (Å²) in [5, 5.41) is 1.95. The van der Waals surface area contributed by atoms with Gasteiger partial charge in [-0.05, 0) is 77.9 Å². The van der Waals surface area contributed by atoms with Gasteiger partial charge in [0.05, 0.1) is 0 Å². The Morgan fingerprint density at radius 3 is 1.96 bits per heavy atom. The molecule has 1 unspecified atom stereocenters. The standard InChI is InChI=1S/C24H31PS/c25-24-16-21(19-10-13-22(26)14-11-19)12-15-23(24)20-8-6-18(7-9-20)17-4-2-1-3-5-17/h6-9,12,15-17,19,22,26H,1-5,10-11,13-14,25H2. The molecule has 2 saturated carbocycles. The molecule has 138 valence electrons. The zero-order valence-electron chi connectivity index (χ0n) is 15.7. The van der Waals surface area contributed by atoms with Gasteiger partial charge in [0.15, 0.2) is 0 Å². The predicted octanol–water partition coefficient (Wildman–Crippen LogP) is 6.86.